The van der Waals surface area contributed by atoms with Crippen molar-refractivity contribution >= 4 is 11.8 Å². The van der Waals surface area contributed by atoms with Crippen LogP contribution in [-0.4, -0.2) is 11.8 Å². The van der Waals surface area contributed by atoms with E-state index in [1.54, 1.807) is 6.92 Å². The van der Waals surface area contributed by atoms with Crippen molar-refractivity contribution in [2.24, 2.45) is 11.5 Å². The molecule has 0 aliphatic heterocycles. The van der Waals surface area contributed by atoms with Crippen LogP contribution in [0.1, 0.15) is 33.1 Å². The first-order valence-corrected chi connectivity index (χ1v) is 3.61. The minimum Gasteiger partial charge on any atom is -0.370 e. The molecule has 0 saturated carbocycles. The Hall–Kier alpha value is -1.06. The van der Waals surface area contributed by atoms with Gasteiger partial charge in [-0.25, -0.2) is 0 Å². The van der Waals surface area contributed by atoms with Crippen LogP contribution >= 0.6 is 0 Å². The Morgan fingerprint density at radius 1 is 1.09 bits per heavy atom. The fourth-order valence-corrected chi connectivity index (χ4v) is 0.246. The summed E-state index contributed by atoms with van der Waals surface area (Å²) in [7, 11) is 0. The highest BCUT2D eigenvalue weighted by molar-refractivity contribution is 5.73. The van der Waals surface area contributed by atoms with E-state index in [4.69, 9.17) is 5.73 Å². The monoisotopic (exact) mass is 160 g/mol. The van der Waals surface area contributed by atoms with Crippen LogP contribution < -0.4 is 11.5 Å². The number of hydrogen-bond donors (Lipinski definition) is 2. The van der Waals surface area contributed by atoms with Gasteiger partial charge in [-0.1, -0.05) is 13.8 Å². The molecule has 0 radical (unpaired) electrons. The lowest BCUT2D eigenvalue weighted by atomic mass is 10.3. The molecule has 0 aromatic rings. The van der Waals surface area contributed by atoms with Gasteiger partial charge in [-0.3, -0.25) is 9.59 Å². The first-order chi connectivity index (χ1) is 5.04. The number of carbonyl (C=O) groups is 2. The lowest BCUT2D eigenvalue weighted by Gasteiger charge is -1.81. The molecule has 0 aromatic carbocycles. The molecule has 0 aliphatic carbocycles. The van der Waals surface area contributed by atoms with Crippen LogP contribution in [0.4, 0.5) is 0 Å². The molecule has 4 N–H and O–H groups in total. The zero-order chi connectivity index (χ0) is 9.28. The van der Waals surface area contributed by atoms with Crippen molar-refractivity contribution in [3.63, 3.8) is 0 Å². The topological polar surface area (TPSA) is 86.2 Å². The van der Waals surface area contributed by atoms with E-state index >= 15 is 0 Å². The second-order valence-corrected chi connectivity index (χ2v) is 2.04. The van der Waals surface area contributed by atoms with Gasteiger partial charge in [0, 0.05) is 12.8 Å². The summed E-state index contributed by atoms with van der Waals surface area (Å²) in [5.41, 5.74) is 9.42. The summed E-state index contributed by atoms with van der Waals surface area (Å²) in [6.07, 6.45) is 1.81. The van der Waals surface area contributed by atoms with Crippen LogP contribution in [0.25, 0.3) is 0 Å². The second-order valence-electron chi connectivity index (χ2n) is 2.04. The summed E-state index contributed by atoms with van der Waals surface area (Å²) >= 11 is 0. The van der Waals surface area contributed by atoms with Crippen molar-refractivity contribution in [1.29, 1.82) is 0 Å². The van der Waals surface area contributed by atoms with Crippen LogP contribution in [0.3, 0.4) is 0 Å². The van der Waals surface area contributed by atoms with Crippen LogP contribution in [-0.2, 0) is 9.59 Å². The van der Waals surface area contributed by atoms with Crippen LogP contribution in [0.2, 0.25) is 0 Å². The highest BCUT2D eigenvalue weighted by Gasteiger charge is 1.84. The number of primary amides is 2. The smallest absolute Gasteiger partial charge is 0.217 e. The third-order valence-corrected chi connectivity index (χ3v) is 0.845. The predicted molar refractivity (Wildman–Crippen MR) is 43.6 cm³/mol. The molecule has 4 heteroatoms. The fourth-order valence-electron chi connectivity index (χ4n) is 0.246. The first kappa shape index (κ1) is 12.6. The quantitative estimate of drug-likeness (QED) is 0.615. The zero-order valence-corrected chi connectivity index (χ0v) is 7.09. The molecule has 0 heterocycles. The molecular weight excluding hydrogens is 144 g/mol. The highest BCUT2D eigenvalue weighted by Crippen LogP contribution is 1.79. The molecule has 66 valence electrons. The molecule has 0 atom stereocenters. The number of nitrogens with two attached hydrogens (primary N) is 2. The molecular formula is C7H16N2O2. The summed E-state index contributed by atoms with van der Waals surface area (Å²) < 4.78 is 0. The highest BCUT2D eigenvalue weighted by atomic mass is 16.1. The average Bonchev–Trinajstić information content (AvgIpc) is 1.89. The van der Waals surface area contributed by atoms with E-state index in [1.165, 1.54) is 0 Å². The summed E-state index contributed by atoms with van der Waals surface area (Å²) in [6.45, 7) is 3.65. The second kappa shape index (κ2) is 8.94. The van der Waals surface area contributed by atoms with Crippen molar-refractivity contribution in [1.82, 2.24) is 0 Å². The van der Waals surface area contributed by atoms with Gasteiger partial charge in [-0.2, -0.15) is 0 Å². The van der Waals surface area contributed by atoms with E-state index in [2.05, 4.69) is 5.73 Å². The molecule has 0 rings (SSSR count). The van der Waals surface area contributed by atoms with E-state index in [-0.39, 0.29) is 11.8 Å². The van der Waals surface area contributed by atoms with Crippen molar-refractivity contribution < 1.29 is 9.59 Å². The Bertz CT molecular complexity index is 124. The largest absolute Gasteiger partial charge is 0.370 e. The van der Waals surface area contributed by atoms with E-state index in [0.29, 0.717) is 12.8 Å². The maximum atomic E-state index is 9.82. The van der Waals surface area contributed by atoms with Crippen molar-refractivity contribution in [2.75, 3.05) is 0 Å². The molecule has 0 saturated heterocycles. The average molecular weight is 160 g/mol. The van der Waals surface area contributed by atoms with Gasteiger partial charge in [-0.15, -0.1) is 0 Å². The molecule has 0 spiro atoms. The zero-order valence-electron chi connectivity index (χ0n) is 7.09. The van der Waals surface area contributed by atoms with Crippen molar-refractivity contribution in [3.8, 4) is 0 Å². The molecule has 2 amide bonds. The Morgan fingerprint density at radius 3 is 1.45 bits per heavy atom. The lowest BCUT2D eigenvalue weighted by Crippen LogP contribution is -2.08. The summed E-state index contributed by atoms with van der Waals surface area (Å²) in [4.78, 5) is 19.4. The van der Waals surface area contributed by atoms with E-state index in [9.17, 15) is 9.59 Å². The molecule has 0 fully saturated rings. The van der Waals surface area contributed by atoms with Crippen LogP contribution in [0.15, 0.2) is 0 Å². The maximum Gasteiger partial charge on any atom is 0.217 e. The Kier molecular flexibility index (Phi) is 10.2. The summed E-state index contributed by atoms with van der Waals surface area (Å²) in [6, 6.07) is 0. The molecule has 11 heavy (non-hydrogen) atoms. The van der Waals surface area contributed by atoms with Gasteiger partial charge >= 0.3 is 0 Å². The Labute approximate surface area is 66.9 Å². The van der Waals surface area contributed by atoms with Gasteiger partial charge in [0.25, 0.3) is 0 Å². The Morgan fingerprint density at radius 2 is 1.45 bits per heavy atom. The maximum absolute atomic E-state index is 9.82. The van der Waals surface area contributed by atoms with Gasteiger partial charge < -0.3 is 11.5 Å². The number of amides is 2. The molecule has 4 nitrogen and oxygen atoms in total. The van der Waals surface area contributed by atoms with Crippen LogP contribution in [0.5, 0.6) is 0 Å². The number of hydrogen-bond acceptors (Lipinski definition) is 2. The number of rotatable bonds is 3. The van der Waals surface area contributed by atoms with Gasteiger partial charge in [0.15, 0.2) is 0 Å². The molecule has 0 aromatic heterocycles. The van der Waals surface area contributed by atoms with Crippen molar-refractivity contribution in [3.05, 3.63) is 0 Å². The van der Waals surface area contributed by atoms with Crippen molar-refractivity contribution in [2.45, 2.75) is 33.1 Å². The SMILES string of the molecule is CCC(N)=O.CCCC(N)=O. The van der Waals surface area contributed by atoms with Gasteiger partial charge in [0.1, 0.15) is 0 Å². The third-order valence-electron chi connectivity index (χ3n) is 0.845. The van der Waals surface area contributed by atoms with Crippen LogP contribution in [0, 0.1) is 0 Å². The lowest BCUT2D eigenvalue weighted by molar-refractivity contribution is -0.118. The minimum atomic E-state index is -0.245. The molecule has 0 unspecified atom stereocenters. The van der Waals surface area contributed by atoms with E-state index in [0.717, 1.165) is 6.42 Å². The standard InChI is InChI=1S/C4H9NO.C3H7NO/c1-2-3-4(5)6;1-2-3(4)5/h2-3H2,1H3,(H2,5,6);2H2,1H3,(H2,4,5). The van der Waals surface area contributed by atoms with E-state index < -0.39 is 0 Å². The normalized spacial score (nSPS) is 7.82. The van der Waals surface area contributed by atoms with Gasteiger partial charge in [0.05, 0.1) is 0 Å². The number of carbonyl (C=O) groups excluding carboxylic acids is 2. The molecule has 0 aliphatic rings. The third kappa shape index (κ3) is 27.7. The Balaban J connectivity index is 0. The fraction of sp³-hybridized carbons (Fsp3) is 0.714. The molecule has 0 bridgehead atoms. The predicted octanol–water partition coefficient (Wildman–Crippen LogP) is 0.153. The van der Waals surface area contributed by atoms with E-state index in [1.807, 2.05) is 6.92 Å². The first-order valence-electron chi connectivity index (χ1n) is 3.61. The summed E-state index contributed by atoms with van der Waals surface area (Å²) in [5.74, 6) is -0.456. The van der Waals surface area contributed by atoms with Gasteiger partial charge in [-0.05, 0) is 6.42 Å². The minimum absolute atomic E-state index is 0.211. The summed E-state index contributed by atoms with van der Waals surface area (Å²) in [5, 5.41) is 0. The van der Waals surface area contributed by atoms with Gasteiger partial charge in [0.2, 0.25) is 11.8 Å².